The van der Waals surface area contributed by atoms with E-state index in [1.54, 1.807) is 24.8 Å². The van der Waals surface area contributed by atoms with Gasteiger partial charge in [-0.05, 0) is 97.8 Å². The van der Waals surface area contributed by atoms with Gasteiger partial charge in [0.05, 0.1) is 34.2 Å². The molecule has 39 heavy (non-hydrogen) atoms. The Kier molecular flexibility index (Phi) is 11.7. The van der Waals surface area contributed by atoms with Crippen LogP contribution >= 0.6 is 0 Å². The van der Waals surface area contributed by atoms with Gasteiger partial charge in [0, 0.05) is 37.2 Å². The van der Waals surface area contributed by atoms with Crippen LogP contribution in [0.5, 0.6) is 0 Å². The number of aromatic nitrogens is 6. The molecule has 6 nitrogen and oxygen atoms in total. The van der Waals surface area contributed by atoms with Crippen molar-refractivity contribution in [3.05, 3.63) is 145 Å². The van der Waals surface area contributed by atoms with Crippen molar-refractivity contribution < 1.29 is 19.5 Å². The molecule has 7 heteroatoms. The summed E-state index contributed by atoms with van der Waals surface area (Å²) in [6.45, 7) is 4.11. The molecule has 6 aromatic rings. The van der Waals surface area contributed by atoms with E-state index in [-0.39, 0.29) is 19.5 Å². The third-order valence-corrected chi connectivity index (χ3v) is 5.28. The Morgan fingerprint density at radius 3 is 0.846 bits per heavy atom. The van der Waals surface area contributed by atoms with Crippen molar-refractivity contribution in [3.8, 4) is 34.2 Å². The molecule has 0 aliphatic heterocycles. The Labute approximate surface area is 242 Å². The van der Waals surface area contributed by atoms with Gasteiger partial charge in [0.1, 0.15) is 0 Å². The molecule has 0 N–H and O–H groups in total. The first-order valence-electron chi connectivity index (χ1n) is 12.2. The zero-order valence-corrected chi connectivity index (χ0v) is 23.5. The Hall–Kier alpha value is -4.48. The summed E-state index contributed by atoms with van der Waals surface area (Å²) in [5.74, 6) is 0. The van der Waals surface area contributed by atoms with Crippen molar-refractivity contribution in [2.75, 3.05) is 0 Å². The maximum atomic E-state index is 4.29. The molecule has 0 radical (unpaired) electrons. The largest absolute Gasteiger partial charge is 2.00 e. The van der Waals surface area contributed by atoms with Gasteiger partial charge in [-0.2, -0.15) is 0 Å². The normalized spacial score (nSPS) is 9.59. The van der Waals surface area contributed by atoms with Crippen LogP contribution in [-0.2, 0) is 19.5 Å². The van der Waals surface area contributed by atoms with Crippen LogP contribution in [0.2, 0.25) is 0 Å². The van der Waals surface area contributed by atoms with Crippen LogP contribution in [0.15, 0.2) is 134 Å². The first kappa shape index (κ1) is 29.1. The molecular formula is C32H28N6Ru+2. The van der Waals surface area contributed by atoms with E-state index in [1.165, 1.54) is 11.1 Å². The summed E-state index contributed by atoms with van der Waals surface area (Å²) in [6, 6.07) is 31.2. The molecule has 0 aliphatic carbocycles. The summed E-state index contributed by atoms with van der Waals surface area (Å²) < 4.78 is 0. The predicted molar refractivity (Wildman–Crippen MR) is 152 cm³/mol. The molecule has 0 aromatic carbocycles. The summed E-state index contributed by atoms with van der Waals surface area (Å²) in [4.78, 5) is 25.3. The van der Waals surface area contributed by atoms with Gasteiger partial charge in [0.2, 0.25) is 0 Å². The molecule has 0 aliphatic rings. The minimum Gasteiger partial charge on any atom is -0.255 e. The molecule has 6 heterocycles. The van der Waals surface area contributed by atoms with Gasteiger partial charge in [-0.25, -0.2) is 0 Å². The summed E-state index contributed by atoms with van der Waals surface area (Å²) >= 11 is 0. The fraction of sp³-hybridized carbons (Fsp3) is 0.0625. The molecule has 0 fully saturated rings. The van der Waals surface area contributed by atoms with Gasteiger partial charge in [-0.15, -0.1) is 0 Å². The standard InChI is InChI=1S/C12H12N2.2C10H8N2.Ru/c1-9-3-5-13-11(7-9)12-8-10(2)4-6-14-12;2*1-3-7-11-9(5-1)10-6-2-4-8-12-10;/h3-8H,1-2H3;2*1-8H;/q;;;+2. The van der Waals surface area contributed by atoms with Crippen molar-refractivity contribution in [1.82, 2.24) is 29.9 Å². The van der Waals surface area contributed by atoms with Crippen LogP contribution in [0.1, 0.15) is 11.1 Å². The molecule has 0 saturated heterocycles. The quantitative estimate of drug-likeness (QED) is 0.204. The molecule has 6 aromatic heterocycles. The Bertz CT molecular complexity index is 1320. The van der Waals surface area contributed by atoms with E-state index in [1.807, 2.05) is 109 Å². The number of hydrogen-bond acceptors (Lipinski definition) is 6. The Balaban J connectivity index is 0.000000160. The van der Waals surface area contributed by atoms with Crippen LogP contribution in [0.3, 0.4) is 0 Å². The van der Waals surface area contributed by atoms with Crippen molar-refractivity contribution in [2.24, 2.45) is 0 Å². The fourth-order valence-electron chi connectivity index (χ4n) is 3.41. The minimum atomic E-state index is 0. The number of aryl methyl sites for hydroxylation is 2. The topological polar surface area (TPSA) is 77.3 Å². The molecule has 6 rings (SSSR count). The number of pyridine rings is 6. The molecule has 0 amide bonds. The fourth-order valence-corrected chi connectivity index (χ4v) is 3.41. The van der Waals surface area contributed by atoms with Crippen molar-refractivity contribution in [2.45, 2.75) is 13.8 Å². The summed E-state index contributed by atoms with van der Waals surface area (Å²) in [5, 5.41) is 0. The third kappa shape index (κ3) is 9.40. The van der Waals surface area contributed by atoms with Gasteiger partial charge in [-0.1, -0.05) is 24.3 Å². The molecule has 0 spiro atoms. The van der Waals surface area contributed by atoms with E-state index in [2.05, 4.69) is 43.8 Å². The average Bonchev–Trinajstić information content (AvgIpc) is 3.00. The van der Waals surface area contributed by atoms with Crippen molar-refractivity contribution >= 4 is 0 Å². The van der Waals surface area contributed by atoms with E-state index < -0.39 is 0 Å². The van der Waals surface area contributed by atoms with Crippen molar-refractivity contribution in [3.63, 3.8) is 0 Å². The average molecular weight is 598 g/mol. The van der Waals surface area contributed by atoms with Crippen LogP contribution in [0.25, 0.3) is 34.2 Å². The van der Waals surface area contributed by atoms with Crippen LogP contribution in [0.4, 0.5) is 0 Å². The van der Waals surface area contributed by atoms with Gasteiger partial charge in [0.15, 0.2) is 0 Å². The smallest absolute Gasteiger partial charge is 0.255 e. The second-order valence-corrected chi connectivity index (χ2v) is 8.30. The Morgan fingerprint density at radius 2 is 0.615 bits per heavy atom. The zero-order valence-electron chi connectivity index (χ0n) is 21.7. The summed E-state index contributed by atoms with van der Waals surface area (Å²) in [6.07, 6.45) is 10.7. The first-order valence-corrected chi connectivity index (χ1v) is 12.2. The Morgan fingerprint density at radius 1 is 0.333 bits per heavy atom. The molecule has 0 atom stereocenters. The maximum absolute atomic E-state index is 4.29. The molecule has 0 unspecified atom stereocenters. The van der Waals surface area contributed by atoms with Crippen LogP contribution in [0, 0.1) is 13.8 Å². The van der Waals surface area contributed by atoms with Crippen LogP contribution in [-0.4, -0.2) is 29.9 Å². The number of hydrogen-bond donors (Lipinski definition) is 0. The molecule has 0 bridgehead atoms. The SMILES string of the molecule is Cc1ccnc(-c2cc(C)ccn2)c1.[Ru+2].c1ccc(-c2ccccn2)nc1.c1ccc(-c2ccccn2)nc1. The first-order chi connectivity index (χ1) is 18.7. The van der Waals surface area contributed by atoms with Gasteiger partial charge >= 0.3 is 19.5 Å². The third-order valence-electron chi connectivity index (χ3n) is 5.28. The predicted octanol–water partition coefficient (Wildman–Crippen LogP) is 7.05. The number of rotatable bonds is 3. The van der Waals surface area contributed by atoms with Gasteiger partial charge in [-0.3, -0.25) is 29.9 Å². The van der Waals surface area contributed by atoms with E-state index in [9.17, 15) is 0 Å². The second-order valence-electron chi connectivity index (χ2n) is 8.30. The summed E-state index contributed by atoms with van der Waals surface area (Å²) in [5.41, 5.74) is 7.95. The molecule has 192 valence electrons. The zero-order chi connectivity index (χ0) is 26.4. The number of nitrogens with zero attached hydrogens (tertiary/aromatic N) is 6. The van der Waals surface area contributed by atoms with E-state index in [4.69, 9.17) is 0 Å². The minimum absolute atomic E-state index is 0. The maximum Gasteiger partial charge on any atom is 2.00 e. The second kappa shape index (κ2) is 15.7. The monoisotopic (exact) mass is 598 g/mol. The van der Waals surface area contributed by atoms with Crippen molar-refractivity contribution in [1.29, 1.82) is 0 Å². The van der Waals surface area contributed by atoms with E-state index in [0.29, 0.717) is 0 Å². The van der Waals surface area contributed by atoms with Gasteiger partial charge < -0.3 is 0 Å². The van der Waals surface area contributed by atoms with E-state index >= 15 is 0 Å². The molecular weight excluding hydrogens is 569 g/mol. The van der Waals surface area contributed by atoms with Gasteiger partial charge in [0.25, 0.3) is 0 Å². The van der Waals surface area contributed by atoms with E-state index in [0.717, 1.165) is 34.2 Å². The molecule has 0 saturated carbocycles. The summed E-state index contributed by atoms with van der Waals surface area (Å²) in [7, 11) is 0. The van der Waals surface area contributed by atoms with Crippen LogP contribution < -0.4 is 0 Å².